The molecule has 18 heavy (non-hydrogen) atoms. The van der Waals surface area contributed by atoms with Gasteiger partial charge in [-0.1, -0.05) is 6.07 Å². The van der Waals surface area contributed by atoms with Crippen LogP contribution in [0.3, 0.4) is 0 Å². The third-order valence-electron chi connectivity index (χ3n) is 2.80. The van der Waals surface area contributed by atoms with Gasteiger partial charge < -0.3 is 5.73 Å². The monoisotopic (exact) mass is 251 g/mol. The molecule has 0 amide bonds. The third-order valence-corrected chi connectivity index (χ3v) is 2.80. The first-order valence-corrected chi connectivity index (χ1v) is 5.47. The Morgan fingerprint density at radius 1 is 0.889 bits per heavy atom. The Hall–Kier alpha value is -1.81. The van der Waals surface area contributed by atoms with Gasteiger partial charge >= 0.3 is 0 Å². The molecule has 2 N–H and O–H groups in total. The van der Waals surface area contributed by atoms with E-state index in [1.807, 2.05) is 0 Å². The van der Waals surface area contributed by atoms with E-state index < -0.39 is 17.5 Å². The molecule has 4 heteroatoms. The van der Waals surface area contributed by atoms with Gasteiger partial charge in [0.1, 0.15) is 17.5 Å². The Bertz CT molecular complexity index is 594. The molecule has 0 fully saturated rings. The Labute approximate surface area is 103 Å². The van der Waals surface area contributed by atoms with Crippen molar-refractivity contribution in [3.63, 3.8) is 0 Å². The van der Waals surface area contributed by atoms with Crippen molar-refractivity contribution in [2.45, 2.75) is 13.5 Å². The van der Waals surface area contributed by atoms with Crippen molar-refractivity contribution >= 4 is 0 Å². The highest BCUT2D eigenvalue weighted by Crippen LogP contribution is 2.28. The van der Waals surface area contributed by atoms with Crippen LogP contribution in [-0.2, 0) is 6.54 Å². The van der Waals surface area contributed by atoms with Gasteiger partial charge in [-0.3, -0.25) is 0 Å². The van der Waals surface area contributed by atoms with Crippen molar-refractivity contribution in [3.05, 3.63) is 58.9 Å². The quantitative estimate of drug-likeness (QED) is 0.868. The fraction of sp³-hybridized carbons (Fsp3) is 0.143. The predicted octanol–water partition coefficient (Wildman–Crippen LogP) is 3.54. The van der Waals surface area contributed by atoms with E-state index in [9.17, 15) is 13.2 Å². The number of benzene rings is 2. The van der Waals surface area contributed by atoms with Crippen molar-refractivity contribution in [1.29, 1.82) is 0 Å². The van der Waals surface area contributed by atoms with E-state index in [1.165, 1.54) is 31.2 Å². The van der Waals surface area contributed by atoms with E-state index in [4.69, 9.17) is 5.73 Å². The van der Waals surface area contributed by atoms with Crippen molar-refractivity contribution in [2.75, 3.05) is 0 Å². The summed E-state index contributed by atoms with van der Waals surface area (Å²) in [6.45, 7) is 1.73. The Kier molecular flexibility index (Phi) is 3.39. The maximum absolute atomic E-state index is 13.7. The van der Waals surface area contributed by atoms with Crippen LogP contribution in [-0.4, -0.2) is 0 Å². The molecule has 0 radical (unpaired) electrons. The molecule has 0 saturated heterocycles. The summed E-state index contributed by atoms with van der Waals surface area (Å²) in [4.78, 5) is 0. The zero-order valence-electron chi connectivity index (χ0n) is 9.81. The van der Waals surface area contributed by atoms with Crippen molar-refractivity contribution < 1.29 is 13.2 Å². The minimum Gasteiger partial charge on any atom is -0.326 e. The third kappa shape index (κ3) is 2.24. The Morgan fingerprint density at radius 2 is 1.56 bits per heavy atom. The van der Waals surface area contributed by atoms with Gasteiger partial charge in [-0.15, -0.1) is 0 Å². The average molecular weight is 251 g/mol. The van der Waals surface area contributed by atoms with Crippen LogP contribution in [0.2, 0.25) is 0 Å². The summed E-state index contributed by atoms with van der Waals surface area (Å²) >= 11 is 0. The summed E-state index contributed by atoms with van der Waals surface area (Å²) in [6, 6.07) is 6.30. The summed E-state index contributed by atoms with van der Waals surface area (Å²) < 4.78 is 40.6. The summed E-state index contributed by atoms with van der Waals surface area (Å²) in [5, 5.41) is 0. The second-order valence-corrected chi connectivity index (χ2v) is 4.10. The molecule has 0 aliphatic carbocycles. The van der Waals surface area contributed by atoms with E-state index >= 15 is 0 Å². The minimum absolute atomic E-state index is 0.0432. The summed E-state index contributed by atoms with van der Waals surface area (Å²) in [6.07, 6.45) is 0. The number of nitrogens with two attached hydrogens (primary N) is 1. The smallest absolute Gasteiger partial charge is 0.134 e. The molecule has 2 aromatic rings. The fourth-order valence-electron chi connectivity index (χ4n) is 1.77. The largest absolute Gasteiger partial charge is 0.326 e. The van der Waals surface area contributed by atoms with Crippen LogP contribution in [0.4, 0.5) is 13.2 Å². The molecule has 0 heterocycles. The molecular formula is C14H12F3N. The normalized spacial score (nSPS) is 10.7. The summed E-state index contributed by atoms with van der Waals surface area (Å²) in [5.41, 5.74) is 6.56. The molecule has 0 aliphatic heterocycles. The maximum Gasteiger partial charge on any atom is 0.134 e. The van der Waals surface area contributed by atoms with Crippen molar-refractivity contribution in [1.82, 2.24) is 0 Å². The second-order valence-electron chi connectivity index (χ2n) is 4.10. The zero-order valence-corrected chi connectivity index (χ0v) is 9.81. The van der Waals surface area contributed by atoms with Crippen LogP contribution in [0.5, 0.6) is 0 Å². The molecule has 94 valence electrons. The zero-order chi connectivity index (χ0) is 13.3. The van der Waals surface area contributed by atoms with E-state index in [2.05, 4.69) is 0 Å². The van der Waals surface area contributed by atoms with E-state index in [0.29, 0.717) is 5.56 Å². The van der Waals surface area contributed by atoms with Crippen LogP contribution >= 0.6 is 0 Å². The van der Waals surface area contributed by atoms with E-state index in [-0.39, 0.29) is 23.2 Å². The lowest BCUT2D eigenvalue weighted by Gasteiger charge is -2.09. The van der Waals surface area contributed by atoms with Crippen LogP contribution in [0.25, 0.3) is 11.1 Å². The van der Waals surface area contributed by atoms with Crippen LogP contribution < -0.4 is 5.73 Å². The lowest BCUT2D eigenvalue weighted by atomic mass is 10.00. The molecule has 0 aliphatic rings. The van der Waals surface area contributed by atoms with Crippen LogP contribution in [0.1, 0.15) is 11.1 Å². The standard InChI is InChI=1S/C14H12F3N/c1-8-4-10(14(17)6-13(8)16)11-5-9(7-18)2-3-12(11)15/h2-6H,7,18H2,1H3. The van der Waals surface area contributed by atoms with Gasteiger partial charge in [-0.2, -0.15) is 0 Å². The van der Waals surface area contributed by atoms with Gasteiger partial charge in [-0.05, 0) is 36.2 Å². The van der Waals surface area contributed by atoms with Gasteiger partial charge in [0, 0.05) is 23.7 Å². The highest BCUT2D eigenvalue weighted by atomic mass is 19.1. The van der Waals surface area contributed by atoms with E-state index in [0.717, 1.165) is 6.07 Å². The SMILES string of the molecule is Cc1cc(-c2cc(CN)ccc2F)c(F)cc1F. The summed E-state index contributed by atoms with van der Waals surface area (Å²) in [7, 11) is 0. The number of halogens is 3. The second kappa shape index (κ2) is 4.82. The van der Waals surface area contributed by atoms with Gasteiger partial charge in [0.25, 0.3) is 0 Å². The topological polar surface area (TPSA) is 26.0 Å². The van der Waals surface area contributed by atoms with E-state index in [1.54, 1.807) is 0 Å². The van der Waals surface area contributed by atoms with Gasteiger partial charge in [0.2, 0.25) is 0 Å². The Morgan fingerprint density at radius 3 is 2.22 bits per heavy atom. The van der Waals surface area contributed by atoms with Gasteiger partial charge in [0.05, 0.1) is 0 Å². The molecule has 2 rings (SSSR count). The molecule has 0 unspecified atom stereocenters. The molecule has 1 nitrogen and oxygen atoms in total. The number of hydrogen-bond donors (Lipinski definition) is 1. The first-order chi connectivity index (χ1) is 8.52. The van der Waals surface area contributed by atoms with Crippen LogP contribution in [0, 0.1) is 24.4 Å². The molecule has 0 bridgehead atoms. The molecular weight excluding hydrogens is 239 g/mol. The predicted molar refractivity (Wildman–Crippen MR) is 64.4 cm³/mol. The maximum atomic E-state index is 13.7. The molecule has 0 saturated carbocycles. The van der Waals surface area contributed by atoms with Crippen molar-refractivity contribution in [3.8, 4) is 11.1 Å². The number of rotatable bonds is 2. The summed E-state index contributed by atoms with van der Waals surface area (Å²) in [5.74, 6) is -1.99. The molecule has 0 aromatic heterocycles. The Balaban J connectivity index is 2.64. The molecule has 2 aromatic carbocycles. The average Bonchev–Trinajstić information content (AvgIpc) is 2.35. The van der Waals surface area contributed by atoms with Gasteiger partial charge in [-0.25, -0.2) is 13.2 Å². The molecule has 0 atom stereocenters. The van der Waals surface area contributed by atoms with Crippen molar-refractivity contribution in [2.24, 2.45) is 5.73 Å². The minimum atomic E-state index is -0.786. The van der Waals surface area contributed by atoms with Crippen LogP contribution in [0.15, 0.2) is 30.3 Å². The number of aryl methyl sites for hydroxylation is 1. The molecule has 0 spiro atoms. The highest BCUT2D eigenvalue weighted by molar-refractivity contribution is 5.66. The fourth-order valence-corrected chi connectivity index (χ4v) is 1.77. The number of hydrogen-bond acceptors (Lipinski definition) is 1. The first-order valence-electron chi connectivity index (χ1n) is 5.47. The first kappa shape index (κ1) is 12.6. The lowest BCUT2D eigenvalue weighted by molar-refractivity contribution is 0.577. The highest BCUT2D eigenvalue weighted by Gasteiger charge is 2.13. The lowest BCUT2D eigenvalue weighted by Crippen LogP contribution is -1.99. The van der Waals surface area contributed by atoms with Gasteiger partial charge in [0.15, 0.2) is 0 Å².